The van der Waals surface area contributed by atoms with Crippen LogP contribution in [0.5, 0.6) is 5.75 Å². The van der Waals surface area contributed by atoms with Crippen molar-refractivity contribution in [1.82, 2.24) is 9.96 Å². The lowest BCUT2D eigenvalue weighted by Crippen LogP contribution is -2.54. The molecule has 3 rings (SSSR count). The first kappa shape index (κ1) is 12.4. The summed E-state index contributed by atoms with van der Waals surface area (Å²) in [4.78, 5) is 30.9. The van der Waals surface area contributed by atoms with Crippen LogP contribution in [-0.2, 0) is 16.1 Å². The Bertz CT molecular complexity index is 542. The van der Waals surface area contributed by atoms with E-state index in [4.69, 9.17) is 10.6 Å². The number of hydrogen-bond donors (Lipinski definition) is 1. The molecule has 2 aliphatic heterocycles. The molecule has 1 saturated heterocycles. The first-order valence-electron chi connectivity index (χ1n) is 6.26. The monoisotopic (exact) mass is 281 g/mol. The highest BCUT2D eigenvalue weighted by Gasteiger charge is 2.41. The number of nitrogen functional groups attached to an aromatic ring is 1. The van der Waals surface area contributed by atoms with Crippen LogP contribution in [0.25, 0.3) is 0 Å². The van der Waals surface area contributed by atoms with E-state index in [1.807, 2.05) is 5.38 Å². The van der Waals surface area contributed by atoms with Crippen LogP contribution in [0.2, 0.25) is 0 Å². The largest absolute Gasteiger partial charge is 0.404 e. The molecule has 1 atom stereocenters. The molecule has 0 radical (unpaired) electrons. The fraction of sp³-hybridized carbons (Fsp3) is 0.500. The van der Waals surface area contributed by atoms with Crippen molar-refractivity contribution in [3.8, 4) is 5.75 Å². The Labute approximate surface area is 114 Å². The third-order valence-electron chi connectivity index (χ3n) is 3.56. The van der Waals surface area contributed by atoms with Crippen LogP contribution in [0, 0.1) is 0 Å². The van der Waals surface area contributed by atoms with Crippen LogP contribution in [0.1, 0.15) is 25.3 Å². The number of fused-ring (bicyclic) bond motifs is 1. The van der Waals surface area contributed by atoms with Crippen molar-refractivity contribution in [3.05, 3.63) is 10.9 Å². The summed E-state index contributed by atoms with van der Waals surface area (Å²) in [5.74, 6) is 0.457. The molecule has 1 aromatic heterocycles. The summed E-state index contributed by atoms with van der Waals surface area (Å²) < 4.78 is 0. The average molecular weight is 281 g/mol. The van der Waals surface area contributed by atoms with E-state index in [0.29, 0.717) is 25.9 Å². The number of hydrogen-bond acceptors (Lipinski definition) is 6. The number of carbonyl (C=O) groups excluding carboxylic acids is 2. The summed E-state index contributed by atoms with van der Waals surface area (Å²) in [5.41, 5.74) is 6.80. The number of likely N-dealkylation sites (N-methyl/N-ethyl adjacent to an activating group) is 1. The molecule has 7 heteroatoms. The second kappa shape index (κ2) is 4.50. The number of hydroxylamine groups is 2. The molecule has 2 N–H and O–H groups in total. The van der Waals surface area contributed by atoms with Gasteiger partial charge in [0, 0.05) is 23.9 Å². The number of amides is 2. The molecular formula is C12H15N3O3S. The number of nitrogens with zero attached hydrogens (tertiary/aromatic N) is 2. The predicted molar refractivity (Wildman–Crippen MR) is 70.3 cm³/mol. The molecule has 0 bridgehead atoms. The number of likely N-dealkylation sites (tertiary alicyclic amines) is 1. The van der Waals surface area contributed by atoms with Crippen LogP contribution in [0.15, 0.2) is 5.38 Å². The number of anilines is 1. The second-order valence-electron chi connectivity index (χ2n) is 4.64. The summed E-state index contributed by atoms with van der Waals surface area (Å²) in [6, 6.07) is -0.394. The lowest BCUT2D eigenvalue weighted by molar-refractivity contribution is -0.165. The van der Waals surface area contributed by atoms with Crippen LogP contribution in [0.3, 0.4) is 0 Å². The minimum atomic E-state index is -0.394. The Morgan fingerprint density at radius 2 is 2.32 bits per heavy atom. The maximum absolute atomic E-state index is 12.3. The smallest absolute Gasteiger partial charge is 0.249 e. The molecular weight excluding hydrogens is 266 g/mol. The van der Waals surface area contributed by atoms with Crippen molar-refractivity contribution in [2.24, 2.45) is 0 Å². The third kappa shape index (κ3) is 1.89. The van der Waals surface area contributed by atoms with Gasteiger partial charge in [0.05, 0.1) is 11.5 Å². The van der Waals surface area contributed by atoms with Gasteiger partial charge in [-0.05, 0) is 13.3 Å². The van der Waals surface area contributed by atoms with E-state index in [1.165, 1.54) is 16.2 Å². The maximum atomic E-state index is 12.3. The Hall–Kier alpha value is -1.60. The maximum Gasteiger partial charge on any atom is 0.249 e. The Kier molecular flexibility index (Phi) is 2.94. The zero-order chi connectivity index (χ0) is 13.6. The fourth-order valence-corrected chi connectivity index (χ4v) is 3.25. The highest BCUT2D eigenvalue weighted by molar-refractivity contribution is 7.14. The Morgan fingerprint density at radius 3 is 3.00 bits per heavy atom. The van der Waals surface area contributed by atoms with Crippen molar-refractivity contribution >= 4 is 28.2 Å². The predicted octanol–water partition coefficient (Wildman–Crippen LogP) is 0.977. The second-order valence-corrected chi connectivity index (χ2v) is 5.55. The number of imide groups is 1. The molecule has 0 saturated carbocycles. The normalized spacial score (nSPS) is 23.6. The topological polar surface area (TPSA) is 75.9 Å². The number of rotatable bonds is 2. The third-order valence-corrected chi connectivity index (χ3v) is 4.40. The van der Waals surface area contributed by atoms with Gasteiger partial charge in [-0.2, -0.15) is 0 Å². The van der Waals surface area contributed by atoms with Gasteiger partial charge in [0.1, 0.15) is 6.04 Å². The molecule has 3 heterocycles. The van der Waals surface area contributed by atoms with Crippen molar-refractivity contribution in [3.63, 3.8) is 0 Å². The van der Waals surface area contributed by atoms with E-state index < -0.39 is 6.04 Å². The van der Waals surface area contributed by atoms with Crippen LogP contribution in [0.4, 0.5) is 5.00 Å². The van der Waals surface area contributed by atoms with Crippen LogP contribution < -0.4 is 10.6 Å². The standard InChI is InChI=1S/C12H15N3O3S/c1-2-14-10(16)4-3-8(12(14)17)15-5-7-9(18-15)6-19-11(7)13/h6,8H,2-5,13H2,1H3. The molecule has 2 amide bonds. The molecule has 0 spiro atoms. The zero-order valence-corrected chi connectivity index (χ0v) is 11.4. The number of thiophene rings is 1. The number of piperidine rings is 1. The lowest BCUT2D eigenvalue weighted by Gasteiger charge is -2.33. The minimum Gasteiger partial charge on any atom is -0.404 e. The molecule has 2 aliphatic rings. The first-order chi connectivity index (χ1) is 9.11. The quantitative estimate of drug-likeness (QED) is 0.818. The van der Waals surface area contributed by atoms with Crippen molar-refractivity contribution in [2.45, 2.75) is 32.4 Å². The van der Waals surface area contributed by atoms with Gasteiger partial charge >= 0.3 is 0 Å². The summed E-state index contributed by atoms with van der Waals surface area (Å²) >= 11 is 1.44. The van der Waals surface area contributed by atoms with Gasteiger partial charge in [-0.15, -0.1) is 16.4 Å². The van der Waals surface area contributed by atoms with Gasteiger partial charge in [0.15, 0.2) is 5.75 Å². The Morgan fingerprint density at radius 1 is 1.53 bits per heavy atom. The molecule has 102 valence electrons. The molecule has 1 fully saturated rings. The van der Waals surface area contributed by atoms with Crippen molar-refractivity contribution in [1.29, 1.82) is 0 Å². The van der Waals surface area contributed by atoms with Crippen molar-refractivity contribution in [2.75, 3.05) is 12.3 Å². The summed E-state index contributed by atoms with van der Waals surface area (Å²) in [6.45, 7) is 2.72. The molecule has 1 unspecified atom stereocenters. The van der Waals surface area contributed by atoms with E-state index in [9.17, 15) is 9.59 Å². The lowest BCUT2D eigenvalue weighted by atomic mass is 10.0. The van der Waals surface area contributed by atoms with E-state index in [1.54, 1.807) is 12.0 Å². The fourth-order valence-electron chi connectivity index (χ4n) is 2.52. The van der Waals surface area contributed by atoms with Crippen molar-refractivity contribution < 1.29 is 14.4 Å². The van der Waals surface area contributed by atoms with Crippen LogP contribution >= 0.6 is 11.3 Å². The molecule has 6 nitrogen and oxygen atoms in total. The van der Waals surface area contributed by atoms with Gasteiger partial charge in [-0.25, -0.2) is 0 Å². The van der Waals surface area contributed by atoms with Crippen LogP contribution in [-0.4, -0.2) is 34.4 Å². The van der Waals surface area contributed by atoms with E-state index in [-0.39, 0.29) is 11.8 Å². The van der Waals surface area contributed by atoms with E-state index >= 15 is 0 Å². The number of nitrogens with two attached hydrogens (primary N) is 1. The van der Waals surface area contributed by atoms with Gasteiger partial charge in [0.2, 0.25) is 11.8 Å². The highest BCUT2D eigenvalue weighted by Crippen LogP contribution is 2.39. The summed E-state index contributed by atoms with van der Waals surface area (Å²) in [6.07, 6.45) is 0.883. The SMILES string of the molecule is CCN1C(=O)CCC(N2Cc3c(csc3N)O2)C1=O. The summed E-state index contributed by atoms with van der Waals surface area (Å²) in [7, 11) is 0. The zero-order valence-electron chi connectivity index (χ0n) is 10.6. The van der Waals surface area contributed by atoms with E-state index in [0.717, 1.165) is 16.3 Å². The van der Waals surface area contributed by atoms with Gasteiger partial charge < -0.3 is 10.6 Å². The first-order valence-corrected chi connectivity index (χ1v) is 7.14. The summed E-state index contributed by atoms with van der Waals surface area (Å²) in [5, 5.41) is 4.22. The van der Waals surface area contributed by atoms with E-state index in [2.05, 4.69) is 0 Å². The molecule has 19 heavy (non-hydrogen) atoms. The highest BCUT2D eigenvalue weighted by atomic mass is 32.1. The molecule has 0 aromatic carbocycles. The van der Waals surface area contributed by atoms with Gasteiger partial charge in [-0.3, -0.25) is 14.5 Å². The van der Waals surface area contributed by atoms with Gasteiger partial charge in [0.25, 0.3) is 0 Å². The van der Waals surface area contributed by atoms with Gasteiger partial charge in [-0.1, -0.05) is 0 Å². The average Bonchev–Trinajstić information content (AvgIpc) is 2.93. The molecule has 0 aliphatic carbocycles. The number of carbonyl (C=O) groups is 2. The molecule has 1 aromatic rings. The minimum absolute atomic E-state index is 0.100. The Balaban J connectivity index is 1.78.